The number of piperidine rings is 1. The van der Waals surface area contributed by atoms with Crippen molar-refractivity contribution in [1.29, 1.82) is 0 Å². The summed E-state index contributed by atoms with van der Waals surface area (Å²) in [5.41, 5.74) is -0.0248. The van der Waals surface area contributed by atoms with Crippen LogP contribution in [0.25, 0.3) is 0 Å². The Balaban J connectivity index is 0.000000668. The van der Waals surface area contributed by atoms with Gasteiger partial charge in [0.05, 0.1) is 18.3 Å². The van der Waals surface area contributed by atoms with Gasteiger partial charge in [0.15, 0.2) is 0 Å². The summed E-state index contributed by atoms with van der Waals surface area (Å²) in [6.07, 6.45) is 11.9. The molecule has 0 aromatic carbocycles. The highest BCUT2D eigenvalue weighted by Gasteiger charge is 2.26. The minimum absolute atomic E-state index is 0.0248. The molecule has 0 radical (unpaired) electrons. The Morgan fingerprint density at radius 1 is 1.06 bits per heavy atom. The third-order valence-corrected chi connectivity index (χ3v) is 6.29. The fourth-order valence-corrected chi connectivity index (χ4v) is 4.36. The van der Waals surface area contributed by atoms with Crippen molar-refractivity contribution in [3.63, 3.8) is 0 Å². The van der Waals surface area contributed by atoms with E-state index in [1.165, 1.54) is 44.9 Å². The van der Waals surface area contributed by atoms with Crippen molar-refractivity contribution in [2.75, 3.05) is 33.4 Å². The van der Waals surface area contributed by atoms with Gasteiger partial charge in [-0.05, 0) is 71.8 Å². The molecule has 0 aromatic rings. The lowest BCUT2D eigenvalue weighted by molar-refractivity contribution is -0.110. The van der Waals surface area contributed by atoms with E-state index >= 15 is 0 Å². The highest BCUT2D eigenvalue weighted by molar-refractivity contribution is 5.46. The SMILES string of the molecule is CC(C)(C)OCCCCCCN1CCC(O)CC1CO.CC1CCCCC1NC=O.CO. The number of hydrogen-bond acceptors (Lipinski definition) is 6. The summed E-state index contributed by atoms with van der Waals surface area (Å²) in [6, 6.07) is 0.606. The van der Waals surface area contributed by atoms with E-state index in [0.717, 1.165) is 52.5 Å². The summed E-state index contributed by atoms with van der Waals surface area (Å²) in [4.78, 5) is 12.4. The van der Waals surface area contributed by atoms with Crippen LogP contribution in [0.15, 0.2) is 0 Å². The molecule has 1 aliphatic heterocycles. The van der Waals surface area contributed by atoms with E-state index < -0.39 is 0 Å². The molecule has 1 aliphatic carbocycles. The maximum Gasteiger partial charge on any atom is 0.207 e. The smallest absolute Gasteiger partial charge is 0.207 e. The van der Waals surface area contributed by atoms with Crippen molar-refractivity contribution >= 4 is 6.41 Å². The predicted octanol–water partition coefficient (Wildman–Crippen LogP) is 3.10. The Bertz CT molecular complexity index is 445. The van der Waals surface area contributed by atoms with Crippen LogP contribution in [0.1, 0.15) is 91.9 Å². The van der Waals surface area contributed by atoms with Gasteiger partial charge in [-0.2, -0.15) is 0 Å². The van der Waals surface area contributed by atoms with Gasteiger partial charge >= 0.3 is 0 Å². The van der Waals surface area contributed by atoms with Crippen molar-refractivity contribution in [2.24, 2.45) is 5.92 Å². The molecule has 1 saturated heterocycles. The lowest BCUT2D eigenvalue weighted by atomic mass is 9.86. The highest BCUT2D eigenvalue weighted by atomic mass is 16.5. The predicted molar refractivity (Wildman–Crippen MR) is 131 cm³/mol. The monoisotopic (exact) mass is 460 g/mol. The number of rotatable bonds is 10. The van der Waals surface area contributed by atoms with E-state index in [1.807, 2.05) is 0 Å². The average Bonchev–Trinajstić information content (AvgIpc) is 2.77. The van der Waals surface area contributed by atoms with Crippen LogP contribution in [0.5, 0.6) is 0 Å². The van der Waals surface area contributed by atoms with Crippen LogP contribution in [-0.2, 0) is 9.53 Å². The molecule has 1 heterocycles. The molecule has 0 bridgehead atoms. The van der Waals surface area contributed by atoms with E-state index in [2.05, 4.69) is 37.9 Å². The number of ether oxygens (including phenoxy) is 1. The molecule has 4 atom stereocenters. The summed E-state index contributed by atoms with van der Waals surface area (Å²) < 4.78 is 5.70. The van der Waals surface area contributed by atoms with Gasteiger partial charge in [-0.15, -0.1) is 0 Å². The lowest BCUT2D eigenvalue weighted by Crippen LogP contribution is -2.46. The van der Waals surface area contributed by atoms with Gasteiger partial charge < -0.3 is 25.4 Å². The lowest BCUT2D eigenvalue weighted by Gasteiger charge is -2.36. The van der Waals surface area contributed by atoms with Crippen molar-refractivity contribution in [3.8, 4) is 0 Å². The molecule has 2 rings (SSSR count). The number of aliphatic hydroxyl groups is 3. The third kappa shape index (κ3) is 15.2. The van der Waals surface area contributed by atoms with Gasteiger partial charge in [0.25, 0.3) is 0 Å². The molecule has 2 aliphatic rings. The first kappa shape index (κ1) is 31.3. The fourth-order valence-electron chi connectivity index (χ4n) is 4.36. The first-order valence-corrected chi connectivity index (χ1v) is 12.6. The van der Waals surface area contributed by atoms with Crippen LogP contribution in [-0.4, -0.2) is 83.8 Å². The summed E-state index contributed by atoms with van der Waals surface area (Å²) in [5, 5.41) is 28.8. The van der Waals surface area contributed by atoms with E-state index in [1.54, 1.807) is 0 Å². The van der Waals surface area contributed by atoms with Crippen LogP contribution in [0.3, 0.4) is 0 Å². The second kappa shape index (κ2) is 18.7. The summed E-state index contributed by atoms with van der Waals surface area (Å²) in [5.74, 6) is 0.680. The number of nitrogens with zero attached hydrogens (tertiary/aromatic N) is 1. The minimum atomic E-state index is -0.224. The van der Waals surface area contributed by atoms with E-state index in [4.69, 9.17) is 9.84 Å². The zero-order valence-corrected chi connectivity index (χ0v) is 21.4. The maximum absolute atomic E-state index is 10.1. The van der Waals surface area contributed by atoms with Crippen LogP contribution in [0, 0.1) is 5.92 Å². The van der Waals surface area contributed by atoms with Crippen molar-refractivity contribution in [2.45, 2.75) is 116 Å². The number of likely N-dealkylation sites (tertiary alicyclic amines) is 1. The van der Waals surface area contributed by atoms with Crippen LogP contribution >= 0.6 is 0 Å². The zero-order chi connectivity index (χ0) is 24.4. The molecular formula is C25H52N2O5. The Kier molecular flexibility index (Phi) is 18.2. The molecular weight excluding hydrogens is 408 g/mol. The van der Waals surface area contributed by atoms with Gasteiger partial charge in [-0.3, -0.25) is 9.69 Å². The molecule has 4 unspecified atom stereocenters. The normalized spacial score (nSPS) is 26.2. The van der Waals surface area contributed by atoms with Gasteiger partial charge in [0, 0.05) is 32.3 Å². The van der Waals surface area contributed by atoms with Gasteiger partial charge in [-0.25, -0.2) is 0 Å². The Labute approximate surface area is 196 Å². The summed E-state index contributed by atoms with van der Waals surface area (Å²) in [6.45, 7) is 11.4. The summed E-state index contributed by atoms with van der Waals surface area (Å²) >= 11 is 0. The molecule has 0 aromatic heterocycles. The van der Waals surface area contributed by atoms with Crippen LogP contribution in [0.4, 0.5) is 0 Å². The molecule has 1 saturated carbocycles. The molecule has 2 fully saturated rings. The molecule has 192 valence electrons. The number of aliphatic hydroxyl groups excluding tert-OH is 3. The average molecular weight is 461 g/mol. The first-order valence-electron chi connectivity index (χ1n) is 12.6. The number of carbonyl (C=O) groups is 1. The summed E-state index contributed by atoms with van der Waals surface area (Å²) in [7, 11) is 1.00. The van der Waals surface area contributed by atoms with Gasteiger partial charge in [0.1, 0.15) is 0 Å². The highest BCUT2D eigenvalue weighted by Crippen LogP contribution is 2.23. The Morgan fingerprint density at radius 3 is 2.31 bits per heavy atom. The van der Waals surface area contributed by atoms with Gasteiger partial charge in [-0.1, -0.05) is 32.6 Å². The van der Waals surface area contributed by atoms with Crippen LogP contribution in [0.2, 0.25) is 0 Å². The first-order chi connectivity index (χ1) is 15.3. The number of carbonyl (C=O) groups excluding carboxylic acids is 1. The third-order valence-electron chi connectivity index (χ3n) is 6.29. The number of unbranched alkanes of at least 4 members (excludes halogenated alkanes) is 3. The van der Waals surface area contributed by atoms with Crippen molar-refractivity contribution in [1.82, 2.24) is 10.2 Å². The van der Waals surface area contributed by atoms with Crippen molar-refractivity contribution < 1.29 is 24.9 Å². The topological polar surface area (TPSA) is 102 Å². The zero-order valence-electron chi connectivity index (χ0n) is 21.4. The fraction of sp³-hybridized carbons (Fsp3) is 0.960. The van der Waals surface area contributed by atoms with E-state index in [-0.39, 0.29) is 24.4 Å². The Hall–Kier alpha value is -0.730. The molecule has 7 nitrogen and oxygen atoms in total. The quantitative estimate of drug-likeness (QED) is 0.295. The second-order valence-corrected chi connectivity index (χ2v) is 10.1. The molecule has 32 heavy (non-hydrogen) atoms. The maximum atomic E-state index is 10.1. The molecule has 1 amide bonds. The Morgan fingerprint density at radius 2 is 1.72 bits per heavy atom. The van der Waals surface area contributed by atoms with E-state index in [9.17, 15) is 15.0 Å². The molecule has 0 spiro atoms. The molecule has 4 N–H and O–H groups in total. The van der Waals surface area contributed by atoms with E-state index in [0.29, 0.717) is 12.0 Å². The standard InChI is InChI=1S/C16H33NO3.C8H15NO.CH4O/c1-16(2,3)20-11-7-5-4-6-9-17-10-8-15(19)12-14(17)13-18;1-7-4-2-3-5-8(7)9-6-10;1-2/h14-15,18-19H,4-13H2,1-3H3;6-8H,2-5H2,1H3,(H,9,10);2H,1H3. The second-order valence-electron chi connectivity index (χ2n) is 10.1. The molecule has 7 heteroatoms. The number of amides is 1. The van der Waals surface area contributed by atoms with Crippen LogP contribution < -0.4 is 5.32 Å². The van der Waals surface area contributed by atoms with Gasteiger partial charge in [0.2, 0.25) is 6.41 Å². The minimum Gasteiger partial charge on any atom is -0.400 e. The number of hydrogen-bond donors (Lipinski definition) is 4. The largest absolute Gasteiger partial charge is 0.400 e. The number of nitrogens with one attached hydrogen (secondary N) is 1. The van der Waals surface area contributed by atoms with Crippen molar-refractivity contribution in [3.05, 3.63) is 0 Å².